The molecule has 2 unspecified atom stereocenters. The van der Waals surface area contributed by atoms with Crippen molar-refractivity contribution >= 4 is 18.9 Å². The molecule has 2 aromatic rings. The maximum absolute atomic E-state index is 12.5. The van der Waals surface area contributed by atoms with Crippen molar-refractivity contribution in [2.24, 2.45) is 5.92 Å². The molecule has 0 spiro atoms. The van der Waals surface area contributed by atoms with Gasteiger partial charge in [0.05, 0.1) is 18.6 Å². The monoisotopic (exact) mass is 550 g/mol. The van der Waals surface area contributed by atoms with E-state index in [2.05, 4.69) is 35.3 Å². The molecular weight excluding hydrogens is 503 g/mol. The first-order chi connectivity index (χ1) is 19.1. The minimum atomic E-state index is -1.60. The standard InChI is InChI=1S/C21H27BN2O3.C8H14N2O.C2H6/c1-15-3-6-17(7-4-15)12-20(22(26)27)23-21(25)14-24-10-9-18-8-5-16(2)11-19(18)13-24;1-4-10(5-2)8(11)7(3)6-9;1-2/h3-8,11,20,26-27H,9-10,12-14H2,1-2H3,(H,23,25);7H,4-5H2,1-3H3;1-2H3. The summed E-state index contributed by atoms with van der Waals surface area (Å²) in [5.74, 6) is -1.48. The van der Waals surface area contributed by atoms with E-state index in [4.69, 9.17) is 5.26 Å². The number of carbonyl (C=O) groups is 2. The molecule has 1 heterocycles. The van der Waals surface area contributed by atoms with Gasteiger partial charge in [-0.25, -0.2) is 0 Å². The predicted octanol–water partition coefficient (Wildman–Crippen LogP) is 3.44. The van der Waals surface area contributed by atoms with Gasteiger partial charge < -0.3 is 20.3 Å². The van der Waals surface area contributed by atoms with E-state index in [-0.39, 0.29) is 18.4 Å². The van der Waals surface area contributed by atoms with Crippen molar-refractivity contribution in [1.29, 1.82) is 5.26 Å². The molecule has 0 aliphatic carbocycles. The van der Waals surface area contributed by atoms with Crippen molar-refractivity contribution in [2.75, 3.05) is 26.2 Å². The molecule has 40 heavy (non-hydrogen) atoms. The molecule has 2 amide bonds. The highest BCUT2D eigenvalue weighted by molar-refractivity contribution is 6.43. The van der Waals surface area contributed by atoms with Crippen molar-refractivity contribution in [3.8, 4) is 6.07 Å². The Hall–Kier alpha value is -3.19. The number of nitriles is 1. The summed E-state index contributed by atoms with van der Waals surface area (Å²) >= 11 is 0. The number of hydrogen-bond donors (Lipinski definition) is 3. The molecule has 8 nitrogen and oxygen atoms in total. The highest BCUT2D eigenvalue weighted by atomic mass is 16.4. The summed E-state index contributed by atoms with van der Waals surface area (Å²) in [5.41, 5.74) is 5.94. The lowest BCUT2D eigenvalue weighted by Gasteiger charge is -2.29. The zero-order valence-electron chi connectivity index (χ0n) is 25.3. The second-order valence-corrected chi connectivity index (χ2v) is 9.87. The minimum absolute atomic E-state index is 0.0718. The van der Waals surface area contributed by atoms with Crippen LogP contribution in [-0.4, -0.2) is 70.9 Å². The summed E-state index contributed by atoms with van der Waals surface area (Å²) in [6, 6.07) is 16.2. The van der Waals surface area contributed by atoms with Gasteiger partial charge >= 0.3 is 7.12 Å². The number of rotatable bonds is 9. The smallest absolute Gasteiger partial charge is 0.426 e. The molecule has 0 radical (unpaired) electrons. The van der Waals surface area contributed by atoms with Crippen LogP contribution in [0.15, 0.2) is 42.5 Å². The van der Waals surface area contributed by atoms with E-state index in [1.807, 2.05) is 65.0 Å². The molecule has 2 atom stereocenters. The van der Waals surface area contributed by atoms with Gasteiger partial charge in [-0.05, 0) is 64.2 Å². The molecule has 3 rings (SSSR count). The summed E-state index contributed by atoms with van der Waals surface area (Å²) in [7, 11) is -1.60. The predicted molar refractivity (Wildman–Crippen MR) is 161 cm³/mol. The quantitative estimate of drug-likeness (QED) is 0.412. The summed E-state index contributed by atoms with van der Waals surface area (Å²) in [4.78, 5) is 27.5. The number of aryl methyl sites for hydroxylation is 2. The van der Waals surface area contributed by atoms with Gasteiger partial charge in [-0.2, -0.15) is 5.26 Å². The summed E-state index contributed by atoms with van der Waals surface area (Å²) < 4.78 is 0. The van der Waals surface area contributed by atoms with Crippen LogP contribution in [0.3, 0.4) is 0 Å². The van der Waals surface area contributed by atoms with Gasteiger partial charge in [-0.15, -0.1) is 0 Å². The first kappa shape index (κ1) is 34.8. The Morgan fingerprint density at radius 1 is 1.05 bits per heavy atom. The van der Waals surface area contributed by atoms with Crippen molar-refractivity contribution in [2.45, 2.75) is 73.8 Å². The van der Waals surface area contributed by atoms with Crippen LogP contribution in [0.2, 0.25) is 0 Å². The molecule has 0 aromatic heterocycles. The molecule has 1 aliphatic rings. The summed E-state index contributed by atoms with van der Waals surface area (Å²) in [6.07, 6.45) is 1.31. The number of amides is 2. The highest BCUT2D eigenvalue weighted by Crippen LogP contribution is 2.20. The van der Waals surface area contributed by atoms with Gasteiger partial charge in [0.1, 0.15) is 5.92 Å². The second kappa shape index (κ2) is 18.2. The fourth-order valence-corrected chi connectivity index (χ4v) is 4.41. The lowest BCUT2D eigenvalue weighted by Crippen LogP contribution is -2.51. The van der Waals surface area contributed by atoms with Crippen LogP contribution in [0.1, 0.15) is 62.4 Å². The van der Waals surface area contributed by atoms with Crippen molar-refractivity contribution in [3.63, 3.8) is 0 Å². The number of benzene rings is 2. The van der Waals surface area contributed by atoms with Crippen LogP contribution in [0.25, 0.3) is 0 Å². The molecular formula is C31H47BN4O4. The Morgan fingerprint density at radius 3 is 2.20 bits per heavy atom. The zero-order valence-corrected chi connectivity index (χ0v) is 25.3. The lowest BCUT2D eigenvalue weighted by atomic mass is 9.76. The van der Waals surface area contributed by atoms with Crippen molar-refractivity contribution in [1.82, 2.24) is 15.1 Å². The van der Waals surface area contributed by atoms with Crippen LogP contribution in [0, 0.1) is 31.1 Å². The minimum Gasteiger partial charge on any atom is -0.426 e. The van der Waals surface area contributed by atoms with Crippen molar-refractivity contribution < 1.29 is 19.6 Å². The van der Waals surface area contributed by atoms with E-state index in [0.29, 0.717) is 19.5 Å². The van der Waals surface area contributed by atoms with Crippen LogP contribution in [0.4, 0.5) is 0 Å². The second-order valence-electron chi connectivity index (χ2n) is 9.87. The maximum atomic E-state index is 12.5. The van der Waals surface area contributed by atoms with E-state index in [1.165, 1.54) is 16.7 Å². The summed E-state index contributed by atoms with van der Waals surface area (Å²) in [5, 5.41) is 30.6. The number of hydrogen-bond acceptors (Lipinski definition) is 6. The molecule has 218 valence electrons. The van der Waals surface area contributed by atoms with Gasteiger partial charge in [0.15, 0.2) is 0 Å². The third-order valence-electron chi connectivity index (χ3n) is 6.74. The van der Waals surface area contributed by atoms with Gasteiger partial charge in [-0.3, -0.25) is 14.5 Å². The Bertz CT molecular complexity index is 1100. The Morgan fingerprint density at radius 2 is 1.65 bits per heavy atom. The van der Waals surface area contributed by atoms with Crippen molar-refractivity contribution in [3.05, 3.63) is 70.3 Å². The average Bonchev–Trinajstić information content (AvgIpc) is 2.95. The van der Waals surface area contributed by atoms with Crippen LogP contribution in [0.5, 0.6) is 0 Å². The highest BCUT2D eigenvalue weighted by Gasteiger charge is 2.27. The van der Waals surface area contributed by atoms with Gasteiger partial charge in [0.2, 0.25) is 11.8 Å². The third-order valence-corrected chi connectivity index (χ3v) is 6.74. The van der Waals surface area contributed by atoms with Gasteiger partial charge in [-0.1, -0.05) is 67.4 Å². The van der Waals surface area contributed by atoms with E-state index in [1.54, 1.807) is 11.8 Å². The average molecular weight is 551 g/mol. The first-order valence-corrected chi connectivity index (χ1v) is 14.3. The molecule has 0 bridgehead atoms. The first-order valence-electron chi connectivity index (χ1n) is 14.3. The zero-order chi connectivity index (χ0) is 30.2. The van der Waals surface area contributed by atoms with E-state index in [9.17, 15) is 19.6 Å². The number of carbonyl (C=O) groups excluding carboxylic acids is 2. The SMILES string of the molecule is CC.CCN(CC)C(=O)C(C)C#N.Cc1ccc(CC(NC(=O)CN2CCc3ccc(C)cc3C2)B(O)O)cc1. The molecule has 0 saturated heterocycles. The number of nitrogens with one attached hydrogen (secondary N) is 1. The van der Waals surface area contributed by atoms with E-state index >= 15 is 0 Å². The van der Waals surface area contributed by atoms with Crippen LogP contribution < -0.4 is 5.32 Å². The van der Waals surface area contributed by atoms with E-state index < -0.39 is 19.0 Å². The van der Waals surface area contributed by atoms with Crippen LogP contribution >= 0.6 is 0 Å². The fourth-order valence-electron chi connectivity index (χ4n) is 4.41. The molecule has 0 saturated carbocycles. The van der Waals surface area contributed by atoms with Crippen LogP contribution in [-0.2, 0) is 29.0 Å². The largest absolute Gasteiger partial charge is 0.475 e. The molecule has 9 heteroatoms. The molecule has 1 aliphatic heterocycles. The number of nitrogens with zero attached hydrogens (tertiary/aromatic N) is 3. The molecule has 3 N–H and O–H groups in total. The Kier molecular flexibility index (Phi) is 15.9. The Balaban J connectivity index is 0.000000520. The number of fused-ring (bicyclic) bond motifs is 1. The Labute approximate surface area is 241 Å². The van der Waals surface area contributed by atoms with Gasteiger partial charge in [0.25, 0.3) is 0 Å². The molecule has 2 aromatic carbocycles. The maximum Gasteiger partial charge on any atom is 0.475 e. The lowest BCUT2D eigenvalue weighted by molar-refractivity contribution is -0.132. The van der Waals surface area contributed by atoms with E-state index in [0.717, 1.165) is 30.6 Å². The topological polar surface area (TPSA) is 117 Å². The van der Waals surface area contributed by atoms with Gasteiger partial charge in [0, 0.05) is 26.2 Å². The third kappa shape index (κ3) is 11.5. The fraction of sp³-hybridized carbons (Fsp3) is 0.516. The summed E-state index contributed by atoms with van der Waals surface area (Å²) in [6.45, 7) is 16.7. The molecule has 0 fully saturated rings. The normalized spacial score (nSPS) is 13.6.